The number of aliphatic hydroxyl groups excluding tert-OH is 2. The normalized spacial score (nSPS) is 25.7. The predicted molar refractivity (Wildman–Crippen MR) is 123 cm³/mol. The lowest BCUT2D eigenvalue weighted by Crippen LogP contribution is -2.29. The maximum atomic E-state index is 10.9. The van der Waals surface area contributed by atoms with Gasteiger partial charge in [-0.05, 0) is 32.6 Å². The number of nitrogen functional groups attached to an aromatic ring is 1. The summed E-state index contributed by atoms with van der Waals surface area (Å²) < 4.78 is 12.7. The van der Waals surface area contributed by atoms with Gasteiger partial charge in [0, 0.05) is 12.0 Å². The Labute approximate surface area is 196 Å². The average Bonchev–Trinajstić information content (AvgIpc) is 3.61. The van der Waals surface area contributed by atoms with Crippen LogP contribution in [0.5, 0.6) is 0 Å². The Bertz CT molecular complexity index is 1150. The number of aromatic nitrogens is 6. The van der Waals surface area contributed by atoms with Crippen LogP contribution in [-0.4, -0.2) is 58.1 Å². The molecule has 1 saturated heterocycles. The molecule has 2 fully saturated rings. The standard InChI is InChI=1S/C22H32N8O4/c1-4-12(5-2)25-18-13-19(28-17(27-18)11-8-6-7-9-11)30(22(23)26-13)21-15(32)14(31)16(33-21)20-24-10(3)29-34-20/h11-12,14-16,21,31-32H,4-9H2,1-3H3,(H2,23,26)(H,25,27,28)/t14-,15+,16-,21+/m0/s1. The molecule has 0 bridgehead atoms. The Morgan fingerprint density at radius 1 is 1.09 bits per heavy atom. The van der Waals surface area contributed by atoms with Gasteiger partial charge in [0.15, 0.2) is 35.1 Å². The fraction of sp³-hybridized carbons (Fsp3) is 0.682. The molecule has 0 amide bonds. The van der Waals surface area contributed by atoms with Crippen molar-refractivity contribution in [3.05, 3.63) is 17.5 Å². The van der Waals surface area contributed by atoms with Gasteiger partial charge in [0.05, 0.1) is 0 Å². The number of rotatable bonds is 7. The van der Waals surface area contributed by atoms with Crippen LogP contribution in [0.2, 0.25) is 0 Å². The number of hydrogen-bond donors (Lipinski definition) is 4. The van der Waals surface area contributed by atoms with Gasteiger partial charge in [-0.25, -0.2) is 15.0 Å². The van der Waals surface area contributed by atoms with E-state index >= 15 is 0 Å². The van der Waals surface area contributed by atoms with E-state index in [1.165, 1.54) is 4.57 Å². The van der Waals surface area contributed by atoms with Crippen molar-refractivity contribution in [1.82, 2.24) is 29.7 Å². The topological polar surface area (TPSA) is 170 Å². The van der Waals surface area contributed by atoms with E-state index in [4.69, 9.17) is 25.0 Å². The summed E-state index contributed by atoms with van der Waals surface area (Å²) in [6.07, 6.45) is 1.56. The summed E-state index contributed by atoms with van der Waals surface area (Å²) >= 11 is 0. The van der Waals surface area contributed by atoms with Gasteiger partial charge in [-0.1, -0.05) is 31.8 Å². The smallest absolute Gasteiger partial charge is 0.258 e. The second-order valence-corrected chi connectivity index (χ2v) is 9.19. The summed E-state index contributed by atoms with van der Waals surface area (Å²) in [6.45, 7) is 5.90. The second-order valence-electron chi connectivity index (χ2n) is 9.19. The van der Waals surface area contributed by atoms with Crippen molar-refractivity contribution in [1.29, 1.82) is 0 Å². The number of imidazole rings is 1. The van der Waals surface area contributed by atoms with Crippen LogP contribution in [0.25, 0.3) is 11.2 Å². The van der Waals surface area contributed by atoms with Crippen LogP contribution in [0, 0.1) is 6.92 Å². The molecule has 184 valence electrons. The minimum absolute atomic E-state index is 0.0897. The van der Waals surface area contributed by atoms with Crippen molar-refractivity contribution >= 4 is 22.9 Å². The molecule has 1 aliphatic heterocycles. The van der Waals surface area contributed by atoms with Gasteiger partial charge < -0.3 is 30.5 Å². The van der Waals surface area contributed by atoms with Gasteiger partial charge in [-0.2, -0.15) is 4.98 Å². The first-order valence-corrected chi connectivity index (χ1v) is 12.0. The molecular formula is C22H32N8O4. The first kappa shape index (κ1) is 22.9. The minimum atomic E-state index is -1.31. The Kier molecular flexibility index (Phi) is 6.13. The van der Waals surface area contributed by atoms with Gasteiger partial charge in [-0.3, -0.25) is 4.57 Å². The van der Waals surface area contributed by atoms with E-state index in [1.54, 1.807) is 6.92 Å². The highest BCUT2D eigenvalue weighted by Crippen LogP contribution is 2.42. The van der Waals surface area contributed by atoms with E-state index in [0.717, 1.165) is 44.3 Å². The van der Waals surface area contributed by atoms with Crippen molar-refractivity contribution < 1.29 is 19.5 Å². The molecule has 1 saturated carbocycles. The largest absolute Gasteiger partial charge is 0.387 e. The number of nitrogens with zero attached hydrogens (tertiary/aromatic N) is 6. The Balaban J connectivity index is 1.59. The van der Waals surface area contributed by atoms with E-state index in [9.17, 15) is 10.2 Å². The predicted octanol–water partition coefficient (Wildman–Crippen LogP) is 2.35. The molecule has 0 radical (unpaired) electrons. The summed E-state index contributed by atoms with van der Waals surface area (Å²) in [7, 11) is 0. The number of fused-ring (bicyclic) bond motifs is 1. The fourth-order valence-electron chi connectivity index (χ4n) is 4.92. The number of ether oxygens (including phenoxy) is 1. The van der Waals surface area contributed by atoms with Crippen LogP contribution in [0.3, 0.4) is 0 Å². The molecule has 0 unspecified atom stereocenters. The molecule has 12 nitrogen and oxygen atoms in total. The van der Waals surface area contributed by atoms with Crippen LogP contribution in [0.15, 0.2) is 4.52 Å². The van der Waals surface area contributed by atoms with E-state index in [0.29, 0.717) is 22.8 Å². The highest BCUT2D eigenvalue weighted by molar-refractivity contribution is 5.85. The quantitative estimate of drug-likeness (QED) is 0.398. The van der Waals surface area contributed by atoms with Crippen molar-refractivity contribution in [2.24, 2.45) is 0 Å². The highest BCUT2D eigenvalue weighted by Gasteiger charge is 2.48. The lowest BCUT2D eigenvalue weighted by Gasteiger charge is -2.20. The Morgan fingerprint density at radius 2 is 1.82 bits per heavy atom. The van der Waals surface area contributed by atoms with Gasteiger partial charge in [0.25, 0.3) is 5.89 Å². The summed E-state index contributed by atoms with van der Waals surface area (Å²) in [5.74, 6) is 2.22. The SMILES string of the molecule is CCC(CC)Nc1nc(C2CCCC2)nc2c1nc(N)n2[C@@H]1O[C@H](c2nc(C)no2)[C@@H](O)[C@H]1O. The third-order valence-corrected chi connectivity index (χ3v) is 6.91. The zero-order valence-corrected chi connectivity index (χ0v) is 19.7. The van der Waals surface area contributed by atoms with Gasteiger partial charge >= 0.3 is 0 Å². The molecule has 0 aromatic carbocycles. The van der Waals surface area contributed by atoms with Crippen molar-refractivity contribution in [2.75, 3.05) is 11.1 Å². The molecule has 5 N–H and O–H groups in total. The summed E-state index contributed by atoms with van der Waals surface area (Å²) in [6, 6.07) is 0.223. The molecule has 3 aromatic rings. The number of nitrogens with two attached hydrogens (primary N) is 1. The molecule has 4 atom stereocenters. The van der Waals surface area contributed by atoms with Crippen molar-refractivity contribution in [2.45, 2.75) is 95.8 Å². The monoisotopic (exact) mass is 472 g/mol. The van der Waals surface area contributed by atoms with Crippen molar-refractivity contribution in [3.63, 3.8) is 0 Å². The summed E-state index contributed by atoms with van der Waals surface area (Å²) in [4.78, 5) is 18.4. The van der Waals surface area contributed by atoms with Gasteiger partial charge in [0.1, 0.15) is 18.0 Å². The Morgan fingerprint density at radius 3 is 2.47 bits per heavy atom. The van der Waals surface area contributed by atoms with Crippen LogP contribution in [0.1, 0.15) is 88.2 Å². The molecular weight excluding hydrogens is 440 g/mol. The molecule has 2 aliphatic rings. The maximum Gasteiger partial charge on any atom is 0.258 e. The lowest BCUT2D eigenvalue weighted by atomic mass is 10.1. The zero-order valence-electron chi connectivity index (χ0n) is 19.7. The molecule has 1 aliphatic carbocycles. The Hall–Kier alpha value is -2.83. The molecule has 3 aromatic heterocycles. The van der Waals surface area contributed by atoms with Gasteiger partial charge in [0.2, 0.25) is 5.95 Å². The molecule has 34 heavy (non-hydrogen) atoms. The third kappa shape index (κ3) is 3.89. The lowest BCUT2D eigenvalue weighted by molar-refractivity contribution is -0.0440. The average molecular weight is 473 g/mol. The number of anilines is 2. The van der Waals surface area contributed by atoms with Crippen LogP contribution >= 0.6 is 0 Å². The van der Waals surface area contributed by atoms with Gasteiger partial charge in [-0.15, -0.1) is 0 Å². The number of hydrogen-bond acceptors (Lipinski definition) is 11. The van der Waals surface area contributed by atoms with E-state index < -0.39 is 24.5 Å². The molecule has 0 spiro atoms. The van der Waals surface area contributed by atoms with Crippen LogP contribution < -0.4 is 11.1 Å². The summed E-state index contributed by atoms with van der Waals surface area (Å²) in [5.41, 5.74) is 7.30. The van der Waals surface area contributed by atoms with Crippen LogP contribution in [0.4, 0.5) is 11.8 Å². The number of aryl methyl sites for hydroxylation is 1. The third-order valence-electron chi connectivity index (χ3n) is 6.91. The molecule has 4 heterocycles. The first-order chi connectivity index (χ1) is 16.4. The highest BCUT2D eigenvalue weighted by atomic mass is 16.6. The minimum Gasteiger partial charge on any atom is -0.387 e. The first-order valence-electron chi connectivity index (χ1n) is 12.0. The number of nitrogens with one attached hydrogen (secondary N) is 1. The molecule has 12 heteroatoms. The van der Waals surface area contributed by atoms with E-state index in [-0.39, 0.29) is 23.8 Å². The van der Waals surface area contributed by atoms with Crippen LogP contribution in [-0.2, 0) is 4.74 Å². The maximum absolute atomic E-state index is 10.9. The second kappa shape index (κ2) is 9.08. The molecule has 5 rings (SSSR count). The summed E-state index contributed by atoms with van der Waals surface area (Å²) in [5, 5.41) is 28.9. The zero-order chi connectivity index (χ0) is 24.0. The van der Waals surface area contributed by atoms with Crippen molar-refractivity contribution in [3.8, 4) is 0 Å². The van der Waals surface area contributed by atoms with E-state index in [1.807, 2.05) is 0 Å². The fourth-order valence-corrected chi connectivity index (χ4v) is 4.92. The number of aliphatic hydroxyl groups is 2. The van der Waals surface area contributed by atoms with E-state index in [2.05, 4.69) is 34.3 Å².